The highest BCUT2D eigenvalue weighted by Crippen LogP contribution is 2.16. The standard InChI is InChI=1S/C24H25N5O2/c30-23(18-7-8-21-17(15-18)9-10-25-21)26-16-22-19-5-1-2-6-20(19)24(31)29(27-22)14-13-28-11-3-4-12-28/h1-2,5-10,15,25H,3-4,11-14,16H2,(H,26,30). The van der Waals surface area contributed by atoms with Crippen LogP contribution in [0.25, 0.3) is 21.7 Å². The van der Waals surface area contributed by atoms with E-state index in [-0.39, 0.29) is 18.0 Å². The zero-order valence-corrected chi connectivity index (χ0v) is 17.3. The van der Waals surface area contributed by atoms with E-state index in [9.17, 15) is 9.59 Å². The van der Waals surface area contributed by atoms with E-state index < -0.39 is 0 Å². The van der Waals surface area contributed by atoms with Gasteiger partial charge in [-0.05, 0) is 56.3 Å². The largest absolute Gasteiger partial charge is 0.361 e. The van der Waals surface area contributed by atoms with E-state index in [0.29, 0.717) is 23.2 Å². The maximum Gasteiger partial charge on any atom is 0.274 e. The number of H-pyrrole nitrogens is 1. The topological polar surface area (TPSA) is 83.0 Å². The third-order valence-corrected chi connectivity index (χ3v) is 6.00. The van der Waals surface area contributed by atoms with E-state index >= 15 is 0 Å². The molecule has 1 aliphatic rings. The number of nitrogens with zero attached hydrogens (tertiary/aromatic N) is 3. The van der Waals surface area contributed by atoms with Crippen molar-refractivity contribution in [3.05, 3.63) is 76.3 Å². The minimum atomic E-state index is -0.163. The van der Waals surface area contributed by atoms with Crippen LogP contribution in [-0.2, 0) is 13.1 Å². The molecule has 158 valence electrons. The number of aromatic nitrogens is 3. The molecule has 3 heterocycles. The molecule has 1 amide bonds. The van der Waals surface area contributed by atoms with Gasteiger partial charge in [0.25, 0.3) is 11.5 Å². The first-order valence-corrected chi connectivity index (χ1v) is 10.8. The monoisotopic (exact) mass is 415 g/mol. The summed E-state index contributed by atoms with van der Waals surface area (Å²) in [5.74, 6) is -0.163. The molecule has 2 N–H and O–H groups in total. The lowest BCUT2D eigenvalue weighted by Crippen LogP contribution is -2.32. The molecule has 0 spiro atoms. The molecule has 0 aliphatic carbocycles. The van der Waals surface area contributed by atoms with Gasteiger partial charge in [-0.15, -0.1) is 0 Å². The second-order valence-corrected chi connectivity index (χ2v) is 8.03. The predicted octanol–water partition coefficient (Wildman–Crippen LogP) is 2.90. The third kappa shape index (κ3) is 3.96. The molecule has 5 rings (SSSR count). The van der Waals surface area contributed by atoms with E-state index in [1.807, 2.05) is 48.7 Å². The Balaban J connectivity index is 1.39. The molecular formula is C24H25N5O2. The van der Waals surface area contributed by atoms with Gasteiger partial charge in [-0.3, -0.25) is 9.59 Å². The Morgan fingerprint density at radius 3 is 2.68 bits per heavy atom. The number of hydrogen-bond acceptors (Lipinski definition) is 4. The summed E-state index contributed by atoms with van der Waals surface area (Å²) >= 11 is 0. The highest BCUT2D eigenvalue weighted by atomic mass is 16.1. The Labute approximate surface area is 179 Å². The number of carbonyl (C=O) groups excluding carboxylic acids is 1. The molecule has 1 fully saturated rings. The lowest BCUT2D eigenvalue weighted by atomic mass is 10.1. The Kier molecular flexibility index (Phi) is 5.26. The lowest BCUT2D eigenvalue weighted by molar-refractivity contribution is 0.0950. The Hall–Kier alpha value is -3.45. The Morgan fingerprint density at radius 1 is 1.03 bits per heavy atom. The quantitative estimate of drug-likeness (QED) is 0.507. The van der Waals surface area contributed by atoms with Gasteiger partial charge in [0, 0.05) is 34.6 Å². The van der Waals surface area contributed by atoms with Crippen LogP contribution in [0.1, 0.15) is 28.9 Å². The van der Waals surface area contributed by atoms with E-state index in [2.05, 4.69) is 20.3 Å². The van der Waals surface area contributed by atoms with Crippen LogP contribution in [0.15, 0.2) is 59.5 Å². The van der Waals surface area contributed by atoms with Crippen molar-refractivity contribution in [2.45, 2.75) is 25.9 Å². The van der Waals surface area contributed by atoms with E-state index in [4.69, 9.17) is 0 Å². The zero-order chi connectivity index (χ0) is 21.2. The van der Waals surface area contributed by atoms with E-state index in [1.54, 1.807) is 10.7 Å². The van der Waals surface area contributed by atoms with Gasteiger partial charge < -0.3 is 15.2 Å². The van der Waals surface area contributed by atoms with Crippen molar-refractivity contribution in [1.29, 1.82) is 0 Å². The van der Waals surface area contributed by atoms with Crippen molar-refractivity contribution in [3.63, 3.8) is 0 Å². The molecule has 7 nitrogen and oxygen atoms in total. The van der Waals surface area contributed by atoms with Crippen LogP contribution < -0.4 is 10.9 Å². The molecule has 1 saturated heterocycles. The van der Waals surface area contributed by atoms with Gasteiger partial charge in [-0.2, -0.15) is 5.10 Å². The molecule has 7 heteroatoms. The number of benzene rings is 2. The van der Waals surface area contributed by atoms with Crippen molar-refractivity contribution in [1.82, 2.24) is 25.0 Å². The normalized spacial score (nSPS) is 14.5. The Morgan fingerprint density at radius 2 is 1.84 bits per heavy atom. The minimum absolute atomic E-state index is 0.0808. The molecule has 0 bridgehead atoms. The van der Waals surface area contributed by atoms with Crippen LogP contribution in [0.3, 0.4) is 0 Å². The van der Waals surface area contributed by atoms with Crippen molar-refractivity contribution >= 4 is 27.6 Å². The van der Waals surface area contributed by atoms with Crippen molar-refractivity contribution in [2.75, 3.05) is 19.6 Å². The van der Waals surface area contributed by atoms with Gasteiger partial charge in [-0.25, -0.2) is 4.68 Å². The molecule has 2 aromatic carbocycles. The first-order valence-electron chi connectivity index (χ1n) is 10.8. The fraction of sp³-hybridized carbons (Fsp3) is 0.292. The van der Waals surface area contributed by atoms with Crippen LogP contribution in [0, 0.1) is 0 Å². The summed E-state index contributed by atoms with van der Waals surface area (Å²) in [7, 11) is 0. The lowest BCUT2D eigenvalue weighted by Gasteiger charge is -2.16. The van der Waals surface area contributed by atoms with E-state index in [1.165, 1.54) is 12.8 Å². The first kappa shape index (κ1) is 19.5. The van der Waals surface area contributed by atoms with Gasteiger partial charge in [0.1, 0.15) is 0 Å². The number of likely N-dealkylation sites (tertiary alicyclic amines) is 1. The molecule has 0 atom stereocenters. The number of amides is 1. The molecular weight excluding hydrogens is 390 g/mol. The number of carbonyl (C=O) groups is 1. The van der Waals surface area contributed by atoms with Gasteiger partial charge in [0.2, 0.25) is 0 Å². The van der Waals surface area contributed by atoms with E-state index in [0.717, 1.165) is 35.9 Å². The molecule has 0 unspecified atom stereocenters. The second-order valence-electron chi connectivity index (χ2n) is 8.03. The minimum Gasteiger partial charge on any atom is -0.361 e. The van der Waals surface area contributed by atoms with Crippen molar-refractivity contribution in [2.24, 2.45) is 0 Å². The third-order valence-electron chi connectivity index (χ3n) is 6.00. The fourth-order valence-electron chi connectivity index (χ4n) is 4.29. The number of aromatic amines is 1. The average molecular weight is 415 g/mol. The van der Waals surface area contributed by atoms with Crippen molar-refractivity contribution < 1.29 is 4.79 Å². The van der Waals surface area contributed by atoms with Crippen molar-refractivity contribution in [3.8, 4) is 0 Å². The molecule has 31 heavy (non-hydrogen) atoms. The summed E-state index contributed by atoms with van der Waals surface area (Å²) in [6.45, 7) is 3.78. The highest BCUT2D eigenvalue weighted by molar-refractivity contribution is 5.98. The molecule has 4 aromatic rings. The maximum absolute atomic E-state index is 12.9. The summed E-state index contributed by atoms with van der Waals surface area (Å²) in [6.07, 6.45) is 4.28. The SMILES string of the molecule is O=C(NCc1nn(CCN2CCCC2)c(=O)c2ccccc12)c1ccc2[nH]ccc2c1. The van der Waals surface area contributed by atoms with Gasteiger partial charge in [0.15, 0.2) is 0 Å². The molecule has 2 aromatic heterocycles. The smallest absolute Gasteiger partial charge is 0.274 e. The van der Waals surface area contributed by atoms with Gasteiger partial charge >= 0.3 is 0 Å². The van der Waals surface area contributed by atoms with Crippen LogP contribution in [0.2, 0.25) is 0 Å². The number of nitrogens with one attached hydrogen (secondary N) is 2. The number of fused-ring (bicyclic) bond motifs is 2. The molecule has 1 aliphatic heterocycles. The zero-order valence-electron chi connectivity index (χ0n) is 17.3. The number of rotatable bonds is 6. The number of hydrogen-bond donors (Lipinski definition) is 2. The van der Waals surface area contributed by atoms with Crippen LogP contribution in [0.4, 0.5) is 0 Å². The Bertz CT molecular complexity index is 1300. The van der Waals surface area contributed by atoms with Crippen LogP contribution in [0.5, 0.6) is 0 Å². The summed E-state index contributed by atoms with van der Waals surface area (Å²) in [5, 5.41) is 10.0. The summed E-state index contributed by atoms with van der Waals surface area (Å²) < 4.78 is 1.55. The highest BCUT2D eigenvalue weighted by Gasteiger charge is 2.15. The summed E-state index contributed by atoms with van der Waals surface area (Å²) in [4.78, 5) is 31.2. The summed E-state index contributed by atoms with van der Waals surface area (Å²) in [5.41, 5.74) is 2.21. The van der Waals surface area contributed by atoms with Gasteiger partial charge in [-0.1, -0.05) is 18.2 Å². The molecule has 0 saturated carbocycles. The summed E-state index contributed by atoms with van der Waals surface area (Å²) in [6, 6.07) is 15.0. The predicted molar refractivity (Wildman–Crippen MR) is 121 cm³/mol. The molecule has 0 radical (unpaired) electrons. The van der Waals surface area contributed by atoms with Crippen LogP contribution in [-0.4, -0.2) is 45.2 Å². The van der Waals surface area contributed by atoms with Gasteiger partial charge in [0.05, 0.1) is 24.2 Å². The van der Waals surface area contributed by atoms with Crippen LogP contribution >= 0.6 is 0 Å². The average Bonchev–Trinajstić information content (AvgIpc) is 3.49. The second kappa shape index (κ2) is 8.35. The fourth-order valence-corrected chi connectivity index (χ4v) is 4.29. The first-order chi connectivity index (χ1) is 15.2. The maximum atomic E-state index is 12.9.